The number of oxazole rings is 1. The number of aromatic nitrogens is 4. The first-order valence-corrected chi connectivity index (χ1v) is 11.9. The second kappa shape index (κ2) is 9.42. The normalized spacial score (nSPS) is 11.0. The molecule has 0 saturated heterocycles. The number of ether oxygens (including phenoxy) is 1. The van der Waals surface area contributed by atoms with Crippen LogP contribution in [-0.4, -0.2) is 19.7 Å². The Morgan fingerprint density at radius 1 is 1.00 bits per heavy atom. The zero-order chi connectivity index (χ0) is 21.8. The smallest absolute Gasteiger partial charge is 0.236 e. The molecule has 0 bridgehead atoms. The fraction of sp³-hybridized carbons (Fsp3) is 0.125. The van der Waals surface area contributed by atoms with E-state index in [1.54, 1.807) is 29.4 Å². The van der Waals surface area contributed by atoms with Crippen LogP contribution >= 0.6 is 23.1 Å². The second-order valence-corrected chi connectivity index (χ2v) is 8.92. The topological polar surface area (TPSA) is 66.0 Å². The maximum atomic E-state index is 6.05. The molecule has 0 unspecified atom stereocenters. The molecule has 0 radical (unpaired) electrons. The standard InChI is InChI=1S/C24H20N4O2S2/c1-17-8-5-6-11-20(17)29-15-22-26-27-24(28(22)19-9-3-2-4-10-19)32-16-18-14-30-23(25-18)21-12-7-13-31-21/h2-14H,15-16H2,1H3. The zero-order valence-electron chi connectivity index (χ0n) is 17.3. The quantitative estimate of drug-likeness (QED) is 0.258. The van der Waals surface area contributed by atoms with Gasteiger partial charge in [0.1, 0.15) is 18.6 Å². The summed E-state index contributed by atoms with van der Waals surface area (Å²) in [5.41, 5.74) is 2.93. The number of benzene rings is 2. The highest BCUT2D eigenvalue weighted by Gasteiger charge is 2.17. The van der Waals surface area contributed by atoms with Gasteiger partial charge in [0.05, 0.1) is 10.6 Å². The molecule has 0 fully saturated rings. The van der Waals surface area contributed by atoms with Gasteiger partial charge in [0.15, 0.2) is 11.0 Å². The van der Waals surface area contributed by atoms with Gasteiger partial charge in [0, 0.05) is 11.4 Å². The van der Waals surface area contributed by atoms with Crippen LogP contribution in [0.25, 0.3) is 16.5 Å². The van der Waals surface area contributed by atoms with Crippen LogP contribution in [-0.2, 0) is 12.4 Å². The molecule has 8 heteroatoms. The van der Waals surface area contributed by atoms with Crippen LogP contribution in [0.15, 0.2) is 87.9 Å². The summed E-state index contributed by atoms with van der Waals surface area (Å²) in [4.78, 5) is 5.62. The monoisotopic (exact) mass is 460 g/mol. The molecule has 32 heavy (non-hydrogen) atoms. The molecule has 0 spiro atoms. The number of rotatable bonds is 8. The Morgan fingerprint density at radius 2 is 1.84 bits per heavy atom. The van der Waals surface area contributed by atoms with Gasteiger partial charge in [0.25, 0.3) is 0 Å². The fourth-order valence-corrected chi connectivity index (χ4v) is 4.71. The molecule has 3 aromatic heterocycles. The molecule has 0 amide bonds. The van der Waals surface area contributed by atoms with Gasteiger partial charge in [-0.2, -0.15) is 0 Å². The Kier molecular flexibility index (Phi) is 6.04. The maximum absolute atomic E-state index is 6.05. The third-order valence-corrected chi connectivity index (χ3v) is 6.62. The predicted octanol–water partition coefficient (Wildman–Crippen LogP) is 6.16. The van der Waals surface area contributed by atoms with Crippen molar-refractivity contribution in [1.82, 2.24) is 19.7 Å². The van der Waals surface area contributed by atoms with Crippen molar-refractivity contribution in [3.63, 3.8) is 0 Å². The number of hydrogen-bond acceptors (Lipinski definition) is 7. The van der Waals surface area contributed by atoms with E-state index in [4.69, 9.17) is 9.15 Å². The van der Waals surface area contributed by atoms with E-state index in [0.717, 1.165) is 38.6 Å². The highest BCUT2D eigenvalue weighted by molar-refractivity contribution is 7.98. The van der Waals surface area contributed by atoms with Crippen molar-refractivity contribution in [3.05, 3.63) is 95.5 Å². The molecule has 0 atom stereocenters. The van der Waals surface area contributed by atoms with Gasteiger partial charge in [0.2, 0.25) is 5.89 Å². The van der Waals surface area contributed by atoms with Crippen LogP contribution < -0.4 is 4.74 Å². The summed E-state index contributed by atoms with van der Waals surface area (Å²) in [6, 6.07) is 22.0. The molecule has 6 nitrogen and oxygen atoms in total. The molecule has 0 aliphatic carbocycles. The summed E-state index contributed by atoms with van der Waals surface area (Å²) < 4.78 is 13.7. The van der Waals surface area contributed by atoms with E-state index in [9.17, 15) is 0 Å². The van der Waals surface area contributed by atoms with Crippen LogP contribution in [0.4, 0.5) is 0 Å². The number of para-hydroxylation sites is 2. The lowest BCUT2D eigenvalue weighted by Gasteiger charge is -2.12. The largest absolute Gasteiger partial charge is 0.485 e. The van der Waals surface area contributed by atoms with Crippen LogP contribution in [0, 0.1) is 6.92 Å². The first-order valence-electron chi connectivity index (χ1n) is 10.1. The van der Waals surface area contributed by atoms with Crippen LogP contribution in [0.2, 0.25) is 0 Å². The summed E-state index contributed by atoms with van der Waals surface area (Å²) in [5.74, 6) is 2.85. The molecular weight excluding hydrogens is 440 g/mol. The lowest BCUT2D eigenvalue weighted by molar-refractivity contribution is 0.291. The van der Waals surface area contributed by atoms with E-state index in [2.05, 4.69) is 15.2 Å². The molecule has 0 aliphatic heterocycles. The van der Waals surface area contributed by atoms with Crippen molar-refractivity contribution in [2.24, 2.45) is 0 Å². The Balaban J connectivity index is 1.37. The number of nitrogens with zero attached hydrogens (tertiary/aromatic N) is 4. The first-order chi connectivity index (χ1) is 15.8. The van der Waals surface area contributed by atoms with Gasteiger partial charge in [-0.25, -0.2) is 4.98 Å². The van der Waals surface area contributed by atoms with Gasteiger partial charge in [-0.15, -0.1) is 21.5 Å². The minimum Gasteiger partial charge on any atom is -0.485 e. The van der Waals surface area contributed by atoms with E-state index in [0.29, 0.717) is 18.3 Å². The summed E-state index contributed by atoms with van der Waals surface area (Å²) >= 11 is 3.17. The van der Waals surface area contributed by atoms with Gasteiger partial charge in [-0.1, -0.05) is 54.2 Å². The molecule has 160 valence electrons. The Morgan fingerprint density at radius 3 is 2.66 bits per heavy atom. The summed E-state index contributed by atoms with van der Waals surface area (Å²) in [6.45, 7) is 2.35. The highest BCUT2D eigenvalue weighted by atomic mass is 32.2. The van der Waals surface area contributed by atoms with Gasteiger partial charge in [-0.3, -0.25) is 4.57 Å². The predicted molar refractivity (Wildman–Crippen MR) is 126 cm³/mol. The van der Waals surface area contributed by atoms with Crippen molar-refractivity contribution in [2.45, 2.75) is 24.4 Å². The molecule has 0 N–H and O–H groups in total. The van der Waals surface area contributed by atoms with E-state index in [1.165, 1.54) is 0 Å². The van der Waals surface area contributed by atoms with Crippen molar-refractivity contribution in [1.29, 1.82) is 0 Å². The third kappa shape index (κ3) is 4.46. The Bertz CT molecular complexity index is 1300. The molecule has 5 aromatic rings. The molecular formula is C24H20N4O2S2. The number of hydrogen-bond donors (Lipinski definition) is 0. The van der Waals surface area contributed by atoms with Crippen LogP contribution in [0.3, 0.4) is 0 Å². The van der Waals surface area contributed by atoms with Crippen molar-refractivity contribution in [3.8, 4) is 22.2 Å². The van der Waals surface area contributed by atoms with Crippen LogP contribution in [0.1, 0.15) is 17.1 Å². The third-order valence-electron chi connectivity index (χ3n) is 4.80. The first kappa shape index (κ1) is 20.5. The SMILES string of the molecule is Cc1ccccc1OCc1nnc(SCc2coc(-c3cccs3)n2)n1-c1ccccc1. The van der Waals surface area contributed by atoms with Gasteiger partial charge < -0.3 is 9.15 Å². The van der Waals surface area contributed by atoms with E-state index in [-0.39, 0.29) is 0 Å². The van der Waals surface area contributed by atoms with Crippen molar-refractivity contribution >= 4 is 23.1 Å². The molecule has 3 heterocycles. The summed E-state index contributed by atoms with van der Waals surface area (Å²) in [5, 5.41) is 11.6. The average molecular weight is 461 g/mol. The number of thiophene rings is 1. The fourth-order valence-electron chi connectivity index (χ4n) is 3.21. The summed E-state index contributed by atoms with van der Waals surface area (Å²) in [7, 11) is 0. The number of thioether (sulfide) groups is 1. The van der Waals surface area contributed by atoms with E-state index in [1.807, 2.05) is 83.6 Å². The van der Waals surface area contributed by atoms with Gasteiger partial charge in [-0.05, 0) is 42.1 Å². The lowest BCUT2D eigenvalue weighted by Crippen LogP contribution is -2.07. The van der Waals surface area contributed by atoms with Crippen molar-refractivity contribution in [2.75, 3.05) is 0 Å². The molecule has 0 saturated carbocycles. The van der Waals surface area contributed by atoms with E-state index >= 15 is 0 Å². The van der Waals surface area contributed by atoms with Gasteiger partial charge >= 0.3 is 0 Å². The second-order valence-electron chi connectivity index (χ2n) is 7.03. The highest BCUT2D eigenvalue weighted by Crippen LogP contribution is 2.28. The van der Waals surface area contributed by atoms with Crippen LogP contribution in [0.5, 0.6) is 5.75 Å². The van der Waals surface area contributed by atoms with Crippen molar-refractivity contribution < 1.29 is 9.15 Å². The zero-order valence-corrected chi connectivity index (χ0v) is 19.0. The minimum absolute atomic E-state index is 0.319. The average Bonchev–Trinajstić information content (AvgIpc) is 3.58. The maximum Gasteiger partial charge on any atom is 0.236 e. The minimum atomic E-state index is 0.319. The molecule has 0 aliphatic rings. The summed E-state index contributed by atoms with van der Waals surface area (Å²) in [6.07, 6.45) is 1.70. The molecule has 5 rings (SSSR count). The Labute approximate surface area is 193 Å². The lowest BCUT2D eigenvalue weighted by atomic mass is 10.2. The number of aryl methyl sites for hydroxylation is 1. The Hall–Kier alpha value is -3.36. The van der Waals surface area contributed by atoms with E-state index < -0.39 is 0 Å². The molecule has 2 aromatic carbocycles.